The van der Waals surface area contributed by atoms with E-state index in [1.807, 2.05) is 39.0 Å². The highest BCUT2D eigenvalue weighted by Crippen LogP contribution is 2.29. The highest BCUT2D eigenvalue weighted by Gasteiger charge is 2.17. The molecule has 2 heterocycles. The molecular weight excluding hydrogens is 262 g/mol. The molecule has 1 N–H and O–H groups in total. The zero-order chi connectivity index (χ0) is 15.0. The fourth-order valence-electron chi connectivity index (χ4n) is 2.84. The lowest BCUT2D eigenvalue weighted by Crippen LogP contribution is -2.09. The molecule has 108 valence electrons. The zero-order valence-corrected chi connectivity index (χ0v) is 12.8. The van der Waals surface area contributed by atoms with E-state index < -0.39 is 0 Å². The van der Waals surface area contributed by atoms with Crippen molar-refractivity contribution >= 4 is 16.6 Å². The molecule has 2 aromatic heterocycles. The molecule has 0 bridgehead atoms. The molecule has 3 rings (SSSR count). The number of nitrogens with one attached hydrogen (secondary N) is 1. The van der Waals surface area contributed by atoms with Gasteiger partial charge in [0.15, 0.2) is 0 Å². The molecule has 3 aromatic rings. The number of aryl methyl sites for hydroxylation is 3. The van der Waals surface area contributed by atoms with Gasteiger partial charge in [0.2, 0.25) is 0 Å². The Morgan fingerprint density at radius 3 is 2.62 bits per heavy atom. The minimum Gasteiger partial charge on any atom is -0.378 e. The average Bonchev–Trinajstić information content (AvgIpc) is 2.78. The summed E-state index contributed by atoms with van der Waals surface area (Å²) in [5, 5.41) is 8.73. The standard InChI is InChI=1S/C17H19N3O/c1-10-9-16(14-7-5-6-8-15(14)18-10)19-11(2)17-12(3)20-21-13(17)4/h5-9,11H,1-4H3,(H,18,19). The van der Waals surface area contributed by atoms with Crippen molar-refractivity contribution in [2.45, 2.75) is 33.7 Å². The van der Waals surface area contributed by atoms with Crippen LogP contribution in [0.2, 0.25) is 0 Å². The van der Waals surface area contributed by atoms with Gasteiger partial charge in [-0.1, -0.05) is 23.4 Å². The van der Waals surface area contributed by atoms with Crippen LogP contribution >= 0.6 is 0 Å². The number of fused-ring (bicyclic) bond motifs is 1. The van der Waals surface area contributed by atoms with E-state index in [4.69, 9.17) is 4.52 Å². The van der Waals surface area contributed by atoms with Crippen LogP contribution in [0.15, 0.2) is 34.9 Å². The molecule has 4 nitrogen and oxygen atoms in total. The Kier molecular flexibility index (Phi) is 3.37. The summed E-state index contributed by atoms with van der Waals surface area (Å²) in [6.07, 6.45) is 0. The smallest absolute Gasteiger partial charge is 0.139 e. The van der Waals surface area contributed by atoms with Crippen molar-refractivity contribution in [2.24, 2.45) is 0 Å². The van der Waals surface area contributed by atoms with E-state index in [0.29, 0.717) is 0 Å². The first-order chi connectivity index (χ1) is 10.1. The number of pyridine rings is 1. The molecule has 0 aliphatic rings. The van der Waals surface area contributed by atoms with Crippen LogP contribution in [0.1, 0.15) is 35.7 Å². The van der Waals surface area contributed by atoms with Crippen LogP contribution < -0.4 is 5.32 Å². The Bertz CT molecular complexity index is 772. The van der Waals surface area contributed by atoms with Crippen molar-refractivity contribution in [2.75, 3.05) is 5.32 Å². The van der Waals surface area contributed by atoms with E-state index in [1.54, 1.807) is 0 Å². The number of benzene rings is 1. The van der Waals surface area contributed by atoms with Crippen LogP contribution in [0.5, 0.6) is 0 Å². The topological polar surface area (TPSA) is 51.0 Å². The summed E-state index contributed by atoms with van der Waals surface area (Å²) in [5.41, 5.74) is 5.15. The molecule has 0 saturated carbocycles. The second kappa shape index (κ2) is 5.20. The number of hydrogen-bond donors (Lipinski definition) is 1. The van der Waals surface area contributed by atoms with Crippen LogP contribution in [0, 0.1) is 20.8 Å². The van der Waals surface area contributed by atoms with Gasteiger partial charge in [0.25, 0.3) is 0 Å². The fourth-order valence-corrected chi connectivity index (χ4v) is 2.84. The van der Waals surface area contributed by atoms with Crippen LogP contribution in [-0.4, -0.2) is 10.1 Å². The largest absolute Gasteiger partial charge is 0.378 e. The molecule has 0 saturated heterocycles. The number of para-hydroxylation sites is 1. The number of anilines is 1. The first-order valence-corrected chi connectivity index (χ1v) is 7.12. The molecule has 1 aromatic carbocycles. The maximum atomic E-state index is 5.26. The number of rotatable bonds is 3. The normalized spacial score (nSPS) is 12.6. The zero-order valence-electron chi connectivity index (χ0n) is 12.8. The van der Waals surface area contributed by atoms with Crippen molar-refractivity contribution in [1.29, 1.82) is 0 Å². The third-order valence-corrected chi connectivity index (χ3v) is 3.74. The molecular formula is C17H19N3O. The minimum absolute atomic E-state index is 0.126. The Labute approximate surface area is 124 Å². The van der Waals surface area contributed by atoms with Gasteiger partial charge in [0.1, 0.15) is 5.76 Å². The van der Waals surface area contributed by atoms with Gasteiger partial charge in [-0.25, -0.2) is 0 Å². The van der Waals surface area contributed by atoms with E-state index in [9.17, 15) is 0 Å². The van der Waals surface area contributed by atoms with Crippen molar-refractivity contribution in [3.05, 3.63) is 53.0 Å². The quantitative estimate of drug-likeness (QED) is 0.776. The van der Waals surface area contributed by atoms with E-state index in [0.717, 1.165) is 39.3 Å². The minimum atomic E-state index is 0.126. The number of nitrogens with zero attached hydrogens (tertiary/aromatic N) is 2. The summed E-state index contributed by atoms with van der Waals surface area (Å²) < 4.78 is 5.26. The van der Waals surface area contributed by atoms with Gasteiger partial charge in [0.05, 0.1) is 17.3 Å². The summed E-state index contributed by atoms with van der Waals surface area (Å²) in [5.74, 6) is 0.864. The number of aromatic nitrogens is 2. The summed E-state index contributed by atoms with van der Waals surface area (Å²) in [6.45, 7) is 8.05. The summed E-state index contributed by atoms with van der Waals surface area (Å²) >= 11 is 0. The van der Waals surface area contributed by atoms with Crippen LogP contribution in [0.3, 0.4) is 0 Å². The number of hydrogen-bond acceptors (Lipinski definition) is 4. The van der Waals surface area contributed by atoms with Crippen LogP contribution in [0.4, 0.5) is 5.69 Å². The van der Waals surface area contributed by atoms with Crippen molar-refractivity contribution in [3.8, 4) is 0 Å². The molecule has 0 amide bonds. The van der Waals surface area contributed by atoms with Gasteiger partial charge in [-0.05, 0) is 39.8 Å². The summed E-state index contributed by atoms with van der Waals surface area (Å²) in [4.78, 5) is 4.57. The van der Waals surface area contributed by atoms with E-state index in [1.165, 1.54) is 0 Å². The van der Waals surface area contributed by atoms with Crippen molar-refractivity contribution in [1.82, 2.24) is 10.1 Å². The maximum Gasteiger partial charge on any atom is 0.139 e. The molecule has 0 fully saturated rings. The monoisotopic (exact) mass is 281 g/mol. The predicted octanol–water partition coefficient (Wildman–Crippen LogP) is 4.32. The Morgan fingerprint density at radius 2 is 1.90 bits per heavy atom. The molecule has 4 heteroatoms. The van der Waals surface area contributed by atoms with Gasteiger partial charge in [-0.15, -0.1) is 0 Å². The first kappa shape index (κ1) is 13.6. The summed E-state index contributed by atoms with van der Waals surface area (Å²) in [7, 11) is 0. The third kappa shape index (κ3) is 2.49. The Balaban J connectivity index is 2.02. The average molecular weight is 281 g/mol. The van der Waals surface area contributed by atoms with Crippen molar-refractivity contribution in [3.63, 3.8) is 0 Å². The third-order valence-electron chi connectivity index (χ3n) is 3.74. The molecule has 21 heavy (non-hydrogen) atoms. The molecule has 0 radical (unpaired) electrons. The van der Waals surface area contributed by atoms with Gasteiger partial charge >= 0.3 is 0 Å². The summed E-state index contributed by atoms with van der Waals surface area (Å²) in [6, 6.07) is 10.4. The predicted molar refractivity (Wildman–Crippen MR) is 84.5 cm³/mol. The highest BCUT2D eigenvalue weighted by molar-refractivity contribution is 5.91. The van der Waals surface area contributed by atoms with Gasteiger partial charge < -0.3 is 9.84 Å². The molecule has 1 atom stereocenters. The van der Waals surface area contributed by atoms with E-state index in [2.05, 4.69) is 34.5 Å². The van der Waals surface area contributed by atoms with E-state index in [-0.39, 0.29) is 6.04 Å². The molecule has 0 spiro atoms. The fraction of sp³-hybridized carbons (Fsp3) is 0.294. The van der Waals surface area contributed by atoms with E-state index >= 15 is 0 Å². The first-order valence-electron chi connectivity index (χ1n) is 7.12. The van der Waals surface area contributed by atoms with Gasteiger partial charge in [-0.3, -0.25) is 4.98 Å². The Hall–Kier alpha value is -2.36. The SMILES string of the molecule is Cc1cc(NC(C)c2c(C)noc2C)c2ccccc2n1. The lowest BCUT2D eigenvalue weighted by Gasteiger charge is -2.17. The van der Waals surface area contributed by atoms with Crippen LogP contribution in [-0.2, 0) is 0 Å². The molecule has 0 aliphatic heterocycles. The van der Waals surface area contributed by atoms with Gasteiger partial charge in [-0.2, -0.15) is 0 Å². The van der Waals surface area contributed by atoms with Gasteiger partial charge in [0, 0.05) is 22.3 Å². The molecule has 0 aliphatic carbocycles. The second-order valence-electron chi connectivity index (χ2n) is 5.43. The molecule has 1 unspecified atom stereocenters. The van der Waals surface area contributed by atoms with Crippen molar-refractivity contribution < 1.29 is 4.52 Å². The lowest BCUT2D eigenvalue weighted by molar-refractivity contribution is 0.392. The second-order valence-corrected chi connectivity index (χ2v) is 5.43. The van der Waals surface area contributed by atoms with Crippen LogP contribution in [0.25, 0.3) is 10.9 Å². The lowest BCUT2D eigenvalue weighted by atomic mass is 10.1. The maximum absolute atomic E-state index is 5.26. The highest BCUT2D eigenvalue weighted by atomic mass is 16.5. The Morgan fingerprint density at radius 1 is 1.14 bits per heavy atom.